The average molecular weight is 313 g/mol. The van der Waals surface area contributed by atoms with Gasteiger partial charge in [0, 0.05) is 6.42 Å². The highest BCUT2D eigenvalue weighted by atomic mass is 16.7. The highest BCUT2D eigenvalue weighted by Crippen LogP contribution is 2.38. The lowest BCUT2D eigenvalue weighted by Crippen LogP contribution is -2.41. The second-order valence-electron chi connectivity index (χ2n) is 7.33. The highest BCUT2D eigenvalue weighted by molar-refractivity contribution is 6.54. The van der Waals surface area contributed by atoms with Crippen LogP contribution in [0.3, 0.4) is 0 Å². The Bertz CT molecular complexity index is 732. The van der Waals surface area contributed by atoms with Crippen molar-refractivity contribution in [3.63, 3.8) is 0 Å². The Labute approximate surface area is 138 Å². The molecule has 0 radical (unpaired) electrons. The zero-order chi connectivity index (χ0) is 16.8. The van der Waals surface area contributed by atoms with Gasteiger partial charge in [-0.15, -0.1) is 6.58 Å². The fourth-order valence-corrected chi connectivity index (χ4v) is 2.58. The van der Waals surface area contributed by atoms with E-state index in [-0.39, 0.29) is 18.3 Å². The van der Waals surface area contributed by atoms with Crippen molar-refractivity contribution in [2.75, 3.05) is 0 Å². The van der Waals surface area contributed by atoms with Gasteiger partial charge in [0.25, 0.3) is 0 Å². The van der Waals surface area contributed by atoms with E-state index >= 15 is 0 Å². The number of allylic oxidation sites excluding steroid dienone is 1. The van der Waals surface area contributed by atoms with E-state index in [1.165, 1.54) is 5.56 Å². The Kier molecular flexibility index (Phi) is 3.89. The lowest BCUT2D eigenvalue weighted by molar-refractivity contribution is 0.00578. The van der Waals surface area contributed by atoms with Gasteiger partial charge in [0.15, 0.2) is 11.5 Å². The van der Waals surface area contributed by atoms with Crippen molar-refractivity contribution in [1.29, 1.82) is 0 Å². The van der Waals surface area contributed by atoms with Gasteiger partial charge in [-0.05, 0) is 64.2 Å². The third kappa shape index (κ3) is 3.08. The van der Waals surface area contributed by atoms with Crippen LogP contribution in [0.2, 0.25) is 0 Å². The van der Waals surface area contributed by atoms with Crippen molar-refractivity contribution in [2.24, 2.45) is 0 Å². The van der Waals surface area contributed by atoms with Crippen LogP contribution in [0.5, 0.6) is 0 Å². The quantitative estimate of drug-likeness (QED) is 0.791. The van der Waals surface area contributed by atoms with Crippen molar-refractivity contribution < 1.29 is 13.7 Å². The number of benzene rings is 1. The molecule has 0 amide bonds. The molecule has 5 heteroatoms. The van der Waals surface area contributed by atoms with Crippen LogP contribution in [0.25, 0.3) is 11.1 Å². The fourth-order valence-electron chi connectivity index (χ4n) is 2.58. The summed E-state index contributed by atoms with van der Waals surface area (Å²) in [6.45, 7) is 14.4. The molecule has 0 atom stereocenters. The van der Waals surface area contributed by atoms with Crippen molar-refractivity contribution in [3.8, 4) is 0 Å². The summed E-state index contributed by atoms with van der Waals surface area (Å²) < 4.78 is 17.8. The van der Waals surface area contributed by atoms with E-state index in [2.05, 4.69) is 11.6 Å². The van der Waals surface area contributed by atoms with Gasteiger partial charge in [0.2, 0.25) is 0 Å². The van der Waals surface area contributed by atoms with E-state index in [1.54, 1.807) is 0 Å². The van der Waals surface area contributed by atoms with Crippen molar-refractivity contribution >= 4 is 18.2 Å². The molecule has 2 heterocycles. The molecule has 1 aliphatic rings. The summed E-state index contributed by atoms with van der Waals surface area (Å²) in [7, 11) is -0.369. The van der Waals surface area contributed by atoms with E-state index in [4.69, 9.17) is 13.7 Å². The molecule has 2 aromatic rings. The lowest BCUT2D eigenvalue weighted by Gasteiger charge is -2.32. The molecule has 1 aromatic heterocycles. The molecular formula is C18H24BNO3. The third-order valence-electron chi connectivity index (χ3n) is 4.83. The Balaban J connectivity index is 1.65. The highest BCUT2D eigenvalue weighted by Gasteiger charge is 2.51. The minimum Gasteiger partial charge on any atom is -0.441 e. The van der Waals surface area contributed by atoms with E-state index in [1.807, 2.05) is 52.8 Å². The summed E-state index contributed by atoms with van der Waals surface area (Å²) in [4.78, 5) is 4.52. The van der Waals surface area contributed by atoms with Crippen LogP contribution in [0, 0.1) is 6.92 Å². The first-order valence-corrected chi connectivity index (χ1v) is 8.07. The minimum atomic E-state index is -0.369. The predicted molar refractivity (Wildman–Crippen MR) is 92.3 cm³/mol. The summed E-state index contributed by atoms with van der Waals surface area (Å²) in [6.07, 6.45) is 1.42. The van der Waals surface area contributed by atoms with Gasteiger partial charge in [-0.2, -0.15) is 0 Å². The molecule has 0 saturated carbocycles. The Morgan fingerprint density at radius 1 is 1.17 bits per heavy atom. The molecule has 3 rings (SSSR count). The van der Waals surface area contributed by atoms with Crippen molar-refractivity contribution in [1.82, 2.24) is 4.98 Å². The summed E-state index contributed by atoms with van der Waals surface area (Å²) >= 11 is 0. The topological polar surface area (TPSA) is 44.5 Å². The van der Waals surface area contributed by atoms with Gasteiger partial charge in [0.1, 0.15) is 5.52 Å². The molecule has 0 unspecified atom stereocenters. The zero-order valence-electron chi connectivity index (χ0n) is 14.6. The molecule has 0 bridgehead atoms. The largest absolute Gasteiger partial charge is 0.489 e. The maximum absolute atomic E-state index is 6.02. The number of aryl methyl sites for hydroxylation is 2. The monoisotopic (exact) mass is 313 g/mol. The van der Waals surface area contributed by atoms with E-state index in [0.29, 0.717) is 6.42 Å². The van der Waals surface area contributed by atoms with Gasteiger partial charge >= 0.3 is 7.12 Å². The number of aromatic nitrogens is 1. The summed E-state index contributed by atoms with van der Waals surface area (Å²) in [6, 6.07) is 6.04. The van der Waals surface area contributed by atoms with Crippen molar-refractivity contribution in [2.45, 2.75) is 58.7 Å². The molecular weight excluding hydrogens is 289 g/mol. The molecule has 122 valence electrons. The smallest absolute Gasteiger partial charge is 0.441 e. The van der Waals surface area contributed by atoms with Crippen LogP contribution in [0.15, 0.2) is 34.7 Å². The Morgan fingerprint density at radius 3 is 2.48 bits per heavy atom. The standard InChI is InChI=1S/C18H24BNO3/c1-12-7-9-14-15(11-12)21-16(20-14)10-8-13(2)19-22-17(3,4)18(5,6)23-19/h7,9,11H,2,8,10H2,1,3-6H3. The number of fused-ring (bicyclic) bond motifs is 1. The zero-order valence-corrected chi connectivity index (χ0v) is 14.6. The molecule has 1 saturated heterocycles. The first-order valence-electron chi connectivity index (χ1n) is 8.07. The van der Waals surface area contributed by atoms with Crippen LogP contribution in [-0.2, 0) is 15.7 Å². The summed E-state index contributed by atoms with van der Waals surface area (Å²) in [5, 5.41) is 0. The van der Waals surface area contributed by atoms with E-state index in [0.717, 1.165) is 28.9 Å². The van der Waals surface area contributed by atoms with Gasteiger partial charge < -0.3 is 13.7 Å². The third-order valence-corrected chi connectivity index (χ3v) is 4.83. The molecule has 1 aromatic carbocycles. The van der Waals surface area contributed by atoms with E-state index < -0.39 is 0 Å². The Hall–Kier alpha value is -1.59. The van der Waals surface area contributed by atoms with Gasteiger partial charge in [-0.25, -0.2) is 4.98 Å². The van der Waals surface area contributed by atoms with Crippen molar-refractivity contribution in [3.05, 3.63) is 41.7 Å². The number of hydrogen-bond acceptors (Lipinski definition) is 4. The maximum atomic E-state index is 6.02. The number of oxazole rings is 1. The van der Waals surface area contributed by atoms with Crippen LogP contribution in [-0.4, -0.2) is 23.3 Å². The van der Waals surface area contributed by atoms with Gasteiger partial charge in [-0.3, -0.25) is 0 Å². The van der Waals surface area contributed by atoms with Crippen LogP contribution in [0.1, 0.15) is 45.6 Å². The first-order chi connectivity index (χ1) is 10.7. The Morgan fingerprint density at radius 2 is 1.83 bits per heavy atom. The van der Waals surface area contributed by atoms with Gasteiger partial charge in [0.05, 0.1) is 11.2 Å². The normalized spacial score (nSPS) is 19.4. The molecule has 4 nitrogen and oxygen atoms in total. The second kappa shape index (κ2) is 5.50. The van der Waals surface area contributed by atoms with Crippen LogP contribution in [0.4, 0.5) is 0 Å². The van der Waals surface area contributed by atoms with E-state index in [9.17, 15) is 0 Å². The van der Waals surface area contributed by atoms with Crippen LogP contribution >= 0.6 is 0 Å². The van der Waals surface area contributed by atoms with Gasteiger partial charge in [-0.1, -0.05) is 6.07 Å². The average Bonchev–Trinajstić information content (AvgIpc) is 2.94. The summed E-state index contributed by atoms with van der Waals surface area (Å²) in [5.74, 6) is 0.725. The van der Waals surface area contributed by atoms with Crippen LogP contribution < -0.4 is 0 Å². The first kappa shape index (κ1) is 16.3. The number of rotatable bonds is 4. The molecule has 23 heavy (non-hydrogen) atoms. The SMILES string of the molecule is C=C(CCc1nc2ccc(C)cc2o1)B1OC(C)(C)C(C)(C)O1. The fraction of sp³-hybridized carbons (Fsp3) is 0.500. The molecule has 1 aliphatic heterocycles. The number of hydrogen-bond donors (Lipinski definition) is 0. The molecule has 0 N–H and O–H groups in total. The summed E-state index contributed by atoms with van der Waals surface area (Å²) in [5.41, 5.74) is 3.14. The predicted octanol–water partition coefficient (Wildman–Crippen LogP) is 4.26. The number of nitrogens with zero attached hydrogens (tertiary/aromatic N) is 1. The molecule has 1 fully saturated rings. The second-order valence-corrected chi connectivity index (χ2v) is 7.33. The minimum absolute atomic E-state index is 0.338. The molecule has 0 aliphatic carbocycles. The molecule has 0 spiro atoms. The lowest BCUT2D eigenvalue weighted by atomic mass is 9.77. The maximum Gasteiger partial charge on any atom is 0.489 e.